The molecule has 0 aliphatic heterocycles. The van der Waals surface area contributed by atoms with Gasteiger partial charge in [0, 0.05) is 19.1 Å². The van der Waals surface area contributed by atoms with E-state index in [2.05, 4.69) is 30.0 Å². The predicted molar refractivity (Wildman–Crippen MR) is 85.9 cm³/mol. The Hall–Kier alpha value is -1.42. The monoisotopic (exact) mass is 306 g/mol. The molecule has 2 aromatic carbocycles. The van der Waals surface area contributed by atoms with E-state index in [-0.39, 0.29) is 11.1 Å². The molecule has 112 valence electrons. The highest BCUT2D eigenvalue weighted by Gasteiger charge is 2.17. The molecule has 0 spiro atoms. The number of likely N-dealkylation sites (N-methyl/N-ethyl adjacent to an activating group) is 1. The molecule has 1 unspecified atom stereocenters. The van der Waals surface area contributed by atoms with Gasteiger partial charge in [-0.1, -0.05) is 47.5 Å². The SMILES string of the molecule is Cc1cccc(CN(C)C(CN)c2ccc(Cl)c(F)c2)c1. The van der Waals surface area contributed by atoms with Gasteiger partial charge in [-0.05, 0) is 37.2 Å². The van der Waals surface area contributed by atoms with Gasteiger partial charge < -0.3 is 5.73 Å². The Morgan fingerprint density at radius 3 is 2.62 bits per heavy atom. The Labute approximate surface area is 130 Å². The van der Waals surface area contributed by atoms with Crippen molar-refractivity contribution in [2.24, 2.45) is 5.73 Å². The van der Waals surface area contributed by atoms with Crippen LogP contribution in [0.2, 0.25) is 5.02 Å². The molecular weight excluding hydrogens is 287 g/mol. The van der Waals surface area contributed by atoms with Crippen LogP contribution in [0.25, 0.3) is 0 Å². The number of rotatable bonds is 5. The number of nitrogens with zero attached hydrogens (tertiary/aromatic N) is 1. The summed E-state index contributed by atoms with van der Waals surface area (Å²) in [5, 5.41) is 0.135. The first-order chi connectivity index (χ1) is 10.0. The zero-order valence-corrected chi connectivity index (χ0v) is 13.1. The Kier molecular flexibility index (Phi) is 5.34. The van der Waals surface area contributed by atoms with Crippen molar-refractivity contribution in [3.63, 3.8) is 0 Å². The zero-order valence-electron chi connectivity index (χ0n) is 12.3. The number of hydrogen-bond donors (Lipinski definition) is 1. The maximum Gasteiger partial charge on any atom is 0.142 e. The smallest absolute Gasteiger partial charge is 0.142 e. The van der Waals surface area contributed by atoms with Crippen LogP contribution in [0.1, 0.15) is 22.7 Å². The van der Waals surface area contributed by atoms with E-state index in [0.717, 1.165) is 12.1 Å². The fraction of sp³-hybridized carbons (Fsp3) is 0.294. The molecule has 0 amide bonds. The molecule has 0 heterocycles. The number of nitrogens with two attached hydrogens (primary N) is 1. The molecule has 0 aliphatic carbocycles. The topological polar surface area (TPSA) is 29.3 Å². The standard InChI is InChI=1S/C17H20ClFN2/c1-12-4-3-5-13(8-12)11-21(2)17(10-20)14-6-7-15(18)16(19)9-14/h3-9,17H,10-11,20H2,1-2H3. The highest BCUT2D eigenvalue weighted by Crippen LogP contribution is 2.24. The van der Waals surface area contributed by atoms with E-state index in [1.54, 1.807) is 6.07 Å². The molecule has 2 N–H and O–H groups in total. The molecule has 0 bridgehead atoms. The first kappa shape index (κ1) is 16.0. The normalized spacial score (nSPS) is 12.7. The van der Waals surface area contributed by atoms with E-state index in [1.165, 1.54) is 17.2 Å². The Bertz CT molecular complexity index is 615. The van der Waals surface area contributed by atoms with E-state index >= 15 is 0 Å². The molecule has 0 saturated heterocycles. The van der Waals surface area contributed by atoms with Gasteiger partial charge in [0.05, 0.1) is 5.02 Å². The summed E-state index contributed by atoms with van der Waals surface area (Å²) in [5.41, 5.74) is 9.16. The highest BCUT2D eigenvalue weighted by molar-refractivity contribution is 6.30. The lowest BCUT2D eigenvalue weighted by molar-refractivity contribution is 0.241. The van der Waals surface area contributed by atoms with Crippen molar-refractivity contribution >= 4 is 11.6 Å². The van der Waals surface area contributed by atoms with Crippen molar-refractivity contribution in [3.8, 4) is 0 Å². The second kappa shape index (κ2) is 7.03. The lowest BCUT2D eigenvalue weighted by Crippen LogP contribution is -2.30. The quantitative estimate of drug-likeness (QED) is 0.907. The number of benzene rings is 2. The molecule has 0 radical (unpaired) electrons. The maximum atomic E-state index is 13.6. The number of aryl methyl sites for hydroxylation is 1. The van der Waals surface area contributed by atoms with Gasteiger partial charge in [-0.25, -0.2) is 4.39 Å². The van der Waals surface area contributed by atoms with Crippen molar-refractivity contribution in [1.82, 2.24) is 4.90 Å². The van der Waals surface area contributed by atoms with Gasteiger partial charge >= 0.3 is 0 Å². The summed E-state index contributed by atoms with van der Waals surface area (Å²) in [6.45, 7) is 3.25. The zero-order chi connectivity index (χ0) is 15.4. The van der Waals surface area contributed by atoms with Gasteiger partial charge in [0.15, 0.2) is 0 Å². The molecule has 0 aliphatic rings. The first-order valence-corrected chi connectivity index (χ1v) is 7.30. The minimum atomic E-state index is -0.406. The van der Waals surface area contributed by atoms with Gasteiger partial charge in [0.1, 0.15) is 5.82 Å². The number of hydrogen-bond acceptors (Lipinski definition) is 2. The van der Waals surface area contributed by atoms with Gasteiger partial charge in [0.25, 0.3) is 0 Å². The molecule has 0 saturated carbocycles. The van der Waals surface area contributed by atoms with Crippen molar-refractivity contribution in [2.45, 2.75) is 19.5 Å². The van der Waals surface area contributed by atoms with Crippen LogP contribution in [-0.4, -0.2) is 18.5 Å². The molecule has 2 nitrogen and oxygen atoms in total. The Balaban J connectivity index is 2.18. The fourth-order valence-electron chi connectivity index (χ4n) is 2.50. The van der Waals surface area contributed by atoms with E-state index in [1.807, 2.05) is 19.2 Å². The Morgan fingerprint density at radius 1 is 1.24 bits per heavy atom. The van der Waals surface area contributed by atoms with Crippen LogP contribution < -0.4 is 5.73 Å². The second-order valence-corrected chi connectivity index (χ2v) is 5.74. The summed E-state index contributed by atoms with van der Waals surface area (Å²) in [6, 6.07) is 13.2. The van der Waals surface area contributed by atoms with Crippen LogP contribution in [-0.2, 0) is 6.54 Å². The van der Waals surface area contributed by atoms with E-state index in [4.69, 9.17) is 17.3 Å². The third-order valence-corrected chi connectivity index (χ3v) is 3.90. The Morgan fingerprint density at radius 2 is 2.00 bits per heavy atom. The molecule has 0 aromatic heterocycles. The van der Waals surface area contributed by atoms with Crippen LogP contribution in [0.3, 0.4) is 0 Å². The van der Waals surface area contributed by atoms with E-state index in [9.17, 15) is 4.39 Å². The third-order valence-electron chi connectivity index (χ3n) is 3.60. The van der Waals surface area contributed by atoms with Crippen molar-refractivity contribution in [2.75, 3.05) is 13.6 Å². The lowest BCUT2D eigenvalue weighted by Gasteiger charge is -2.27. The third kappa shape index (κ3) is 4.03. The van der Waals surface area contributed by atoms with E-state index in [0.29, 0.717) is 6.54 Å². The molecule has 0 fully saturated rings. The molecular formula is C17H20ClFN2. The van der Waals surface area contributed by atoms with Crippen LogP contribution in [0.15, 0.2) is 42.5 Å². The summed E-state index contributed by atoms with van der Waals surface area (Å²) in [5.74, 6) is -0.406. The average Bonchev–Trinajstić information content (AvgIpc) is 2.43. The summed E-state index contributed by atoms with van der Waals surface area (Å²) in [4.78, 5) is 2.12. The van der Waals surface area contributed by atoms with Gasteiger partial charge in [-0.2, -0.15) is 0 Å². The fourth-order valence-corrected chi connectivity index (χ4v) is 2.62. The summed E-state index contributed by atoms with van der Waals surface area (Å²) >= 11 is 5.74. The lowest BCUT2D eigenvalue weighted by atomic mass is 10.0. The molecule has 2 aromatic rings. The summed E-state index contributed by atoms with van der Waals surface area (Å²) < 4.78 is 13.6. The molecule has 4 heteroatoms. The molecule has 2 rings (SSSR count). The second-order valence-electron chi connectivity index (χ2n) is 5.33. The van der Waals surface area contributed by atoms with Crippen LogP contribution >= 0.6 is 11.6 Å². The van der Waals surface area contributed by atoms with Crippen molar-refractivity contribution in [1.29, 1.82) is 0 Å². The van der Waals surface area contributed by atoms with Crippen LogP contribution in [0, 0.1) is 12.7 Å². The minimum absolute atomic E-state index is 0.0442. The molecule has 1 atom stereocenters. The van der Waals surface area contributed by atoms with Gasteiger partial charge in [0.2, 0.25) is 0 Å². The van der Waals surface area contributed by atoms with Gasteiger partial charge in [-0.15, -0.1) is 0 Å². The van der Waals surface area contributed by atoms with Crippen molar-refractivity contribution < 1.29 is 4.39 Å². The summed E-state index contributed by atoms with van der Waals surface area (Å²) in [7, 11) is 1.99. The predicted octanol–water partition coefficient (Wildman–Crippen LogP) is 3.92. The highest BCUT2D eigenvalue weighted by atomic mass is 35.5. The van der Waals surface area contributed by atoms with Crippen LogP contribution in [0.5, 0.6) is 0 Å². The number of halogens is 2. The average molecular weight is 307 g/mol. The van der Waals surface area contributed by atoms with Crippen molar-refractivity contribution in [3.05, 3.63) is 70.0 Å². The first-order valence-electron chi connectivity index (χ1n) is 6.92. The maximum absolute atomic E-state index is 13.6. The minimum Gasteiger partial charge on any atom is -0.329 e. The largest absolute Gasteiger partial charge is 0.329 e. The van der Waals surface area contributed by atoms with Gasteiger partial charge in [-0.3, -0.25) is 4.90 Å². The molecule has 21 heavy (non-hydrogen) atoms. The van der Waals surface area contributed by atoms with E-state index < -0.39 is 5.82 Å². The van der Waals surface area contributed by atoms with Crippen LogP contribution in [0.4, 0.5) is 4.39 Å². The summed E-state index contributed by atoms with van der Waals surface area (Å²) in [6.07, 6.45) is 0.